The highest BCUT2D eigenvalue weighted by molar-refractivity contribution is 7.32. The molecular weight excluding hydrogens is 261 g/mol. The van der Waals surface area contributed by atoms with E-state index in [1.165, 1.54) is 0 Å². The minimum Gasteiger partial charge on any atom is -0.393 e. The lowest BCUT2D eigenvalue weighted by molar-refractivity contribution is 0.0251. The van der Waals surface area contributed by atoms with Gasteiger partial charge in [0.15, 0.2) is 0 Å². The summed E-state index contributed by atoms with van der Waals surface area (Å²) in [6.07, 6.45) is 3.24. The fourth-order valence-electron chi connectivity index (χ4n) is 1.66. The number of hydroxylamine groups is 1. The van der Waals surface area contributed by atoms with Gasteiger partial charge in [0.25, 0.3) is 0 Å². The van der Waals surface area contributed by atoms with Gasteiger partial charge in [-0.2, -0.15) is 0 Å². The summed E-state index contributed by atoms with van der Waals surface area (Å²) in [4.78, 5) is 5.35. The third-order valence-corrected chi connectivity index (χ3v) is 3.51. The summed E-state index contributed by atoms with van der Waals surface area (Å²) >= 11 is 0. The number of aliphatic hydroxyl groups excluding tert-OH is 1. The van der Waals surface area contributed by atoms with Gasteiger partial charge in [-0.25, -0.2) is 5.48 Å². The fraction of sp³-hybridized carbons (Fsp3) is 0.571. The van der Waals surface area contributed by atoms with Gasteiger partial charge in [0.05, 0.1) is 12.7 Å². The van der Waals surface area contributed by atoms with Crippen molar-refractivity contribution in [2.75, 3.05) is 19.8 Å². The Morgan fingerprint density at radius 2 is 2.05 bits per heavy atom. The molecule has 0 aliphatic heterocycles. The first kappa shape index (κ1) is 16.5. The molecule has 1 aromatic carbocycles. The molecule has 0 aliphatic carbocycles. The van der Waals surface area contributed by atoms with Crippen LogP contribution in [0.1, 0.15) is 24.8 Å². The standard InChI is InChI=1S/C14H24NO3P/c1-17-19-11-9-14(16)8-5-10-15-18-12-13-6-3-2-4-7-13/h2-4,6-7,14-16,19H,5,8-12H2,1H3/t14-/m0/s1. The molecule has 1 rings (SSSR count). The Labute approximate surface area is 117 Å². The van der Waals surface area contributed by atoms with Crippen molar-refractivity contribution in [1.82, 2.24) is 5.48 Å². The van der Waals surface area contributed by atoms with Crippen LogP contribution in [0.4, 0.5) is 0 Å². The molecule has 0 saturated heterocycles. The van der Waals surface area contributed by atoms with E-state index in [0.717, 1.165) is 37.5 Å². The van der Waals surface area contributed by atoms with Crippen LogP contribution in [0.25, 0.3) is 0 Å². The van der Waals surface area contributed by atoms with E-state index in [4.69, 9.17) is 9.36 Å². The Morgan fingerprint density at radius 3 is 2.79 bits per heavy atom. The first-order valence-electron chi connectivity index (χ1n) is 6.65. The van der Waals surface area contributed by atoms with Gasteiger partial charge in [0, 0.05) is 22.5 Å². The predicted octanol–water partition coefficient (Wildman–Crippen LogP) is 2.48. The van der Waals surface area contributed by atoms with Gasteiger partial charge >= 0.3 is 0 Å². The Bertz CT molecular complexity index is 311. The number of hydrogen-bond donors (Lipinski definition) is 2. The molecule has 0 aliphatic rings. The second-order valence-electron chi connectivity index (χ2n) is 4.35. The first-order valence-corrected chi connectivity index (χ1v) is 7.77. The van der Waals surface area contributed by atoms with Crippen LogP contribution in [0, 0.1) is 0 Å². The zero-order valence-corrected chi connectivity index (χ0v) is 12.5. The minimum atomic E-state index is -0.224. The van der Waals surface area contributed by atoms with Gasteiger partial charge in [0.2, 0.25) is 0 Å². The van der Waals surface area contributed by atoms with Gasteiger partial charge in [-0.3, -0.25) is 4.84 Å². The van der Waals surface area contributed by atoms with Crippen LogP contribution in [0.15, 0.2) is 30.3 Å². The SMILES string of the molecule is COPCC[C@@H](O)CCCNOCc1ccccc1. The zero-order chi connectivity index (χ0) is 13.8. The van der Waals surface area contributed by atoms with E-state index in [2.05, 4.69) is 5.48 Å². The van der Waals surface area contributed by atoms with Crippen molar-refractivity contribution in [3.05, 3.63) is 35.9 Å². The van der Waals surface area contributed by atoms with Crippen LogP contribution in [-0.4, -0.2) is 31.0 Å². The van der Waals surface area contributed by atoms with Crippen molar-refractivity contribution in [2.45, 2.75) is 32.0 Å². The molecule has 0 bridgehead atoms. The van der Waals surface area contributed by atoms with E-state index in [1.807, 2.05) is 30.3 Å². The summed E-state index contributed by atoms with van der Waals surface area (Å²) in [7, 11) is 2.19. The summed E-state index contributed by atoms with van der Waals surface area (Å²) in [5.74, 6) is 0. The van der Waals surface area contributed by atoms with Gasteiger partial charge < -0.3 is 9.63 Å². The molecule has 0 heterocycles. The average molecular weight is 285 g/mol. The van der Waals surface area contributed by atoms with E-state index in [0.29, 0.717) is 15.4 Å². The molecule has 108 valence electrons. The minimum absolute atomic E-state index is 0.224. The maximum Gasteiger partial charge on any atom is 0.0933 e. The van der Waals surface area contributed by atoms with Crippen molar-refractivity contribution >= 4 is 8.81 Å². The van der Waals surface area contributed by atoms with Crippen LogP contribution >= 0.6 is 8.81 Å². The average Bonchev–Trinajstić information content (AvgIpc) is 2.44. The number of hydrogen-bond acceptors (Lipinski definition) is 4. The van der Waals surface area contributed by atoms with E-state index in [9.17, 15) is 5.11 Å². The third-order valence-electron chi connectivity index (χ3n) is 2.72. The van der Waals surface area contributed by atoms with Crippen LogP contribution in [-0.2, 0) is 16.0 Å². The molecule has 2 N–H and O–H groups in total. The van der Waals surface area contributed by atoms with Crippen molar-refractivity contribution in [2.24, 2.45) is 0 Å². The Kier molecular flexibility index (Phi) is 9.86. The second kappa shape index (κ2) is 11.3. The van der Waals surface area contributed by atoms with Crippen molar-refractivity contribution in [1.29, 1.82) is 0 Å². The predicted molar refractivity (Wildman–Crippen MR) is 79.3 cm³/mol. The smallest absolute Gasteiger partial charge is 0.0933 e. The van der Waals surface area contributed by atoms with Crippen molar-refractivity contribution in [3.63, 3.8) is 0 Å². The topological polar surface area (TPSA) is 50.7 Å². The van der Waals surface area contributed by atoms with Crippen molar-refractivity contribution in [3.8, 4) is 0 Å². The number of aliphatic hydroxyl groups is 1. The number of benzene rings is 1. The molecule has 1 unspecified atom stereocenters. The normalized spacial score (nSPS) is 13.2. The molecule has 0 aromatic heterocycles. The Hall–Kier alpha value is -0.510. The molecule has 0 saturated carbocycles. The second-order valence-corrected chi connectivity index (χ2v) is 5.55. The lowest BCUT2D eigenvalue weighted by Crippen LogP contribution is -2.18. The van der Waals surface area contributed by atoms with E-state index < -0.39 is 0 Å². The fourth-order valence-corrected chi connectivity index (χ4v) is 2.32. The highest BCUT2D eigenvalue weighted by Gasteiger charge is 2.03. The first-order chi connectivity index (χ1) is 9.33. The maximum absolute atomic E-state index is 9.69. The van der Waals surface area contributed by atoms with Crippen LogP contribution < -0.4 is 5.48 Å². The molecule has 0 amide bonds. The van der Waals surface area contributed by atoms with E-state index in [-0.39, 0.29) is 6.10 Å². The maximum atomic E-state index is 9.69. The van der Waals surface area contributed by atoms with Crippen LogP contribution in [0.3, 0.4) is 0 Å². The van der Waals surface area contributed by atoms with Gasteiger partial charge in [0.1, 0.15) is 0 Å². The third kappa shape index (κ3) is 9.09. The number of nitrogens with one attached hydrogen (secondary N) is 1. The summed E-state index contributed by atoms with van der Waals surface area (Å²) in [6, 6.07) is 10.0. The van der Waals surface area contributed by atoms with Crippen LogP contribution in [0.2, 0.25) is 0 Å². The summed E-state index contributed by atoms with van der Waals surface area (Å²) in [5, 5.41) is 9.69. The molecule has 4 nitrogen and oxygen atoms in total. The van der Waals surface area contributed by atoms with Gasteiger partial charge in [-0.1, -0.05) is 30.3 Å². The Balaban J connectivity index is 1.91. The lowest BCUT2D eigenvalue weighted by Gasteiger charge is -2.10. The molecule has 19 heavy (non-hydrogen) atoms. The quantitative estimate of drug-likeness (QED) is 0.372. The molecule has 1 aromatic rings. The number of rotatable bonds is 11. The van der Waals surface area contributed by atoms with Gasteiger partial charge in [-0.05, 0) is 31.0 Å². The zero-order valence-electron chi connectivity index (χ0n) is 11.5. The summed E-state index contributed by atoms with van der Waals surface area (Å²) in [6.45, 7) is 1.33. The molecule has 5 heteroatoms. The van der Waals surface area contributed by atoms with Gasteiger partial charge in [-0.15, -0.1) is 0 Å². The molecule has 2 atom stereocenters. The van der Waals surface area contributed by atoms with Crippen molar-refractivity contribution < 1.29 is 14.5 Å². The van der Waals surface area contributed by atoms with E-state index >= 15 is 0 Å². The molecule has 0 spiro atoms. The summed E-state index contributed by atoms with van der Waals surface area (Å²) < 4.78 is 4.98. The Morgan fingerprint density at radius 1 is 1.26 bits per heavy atom. The highest BCUT2D eigenvalue weighted by Crippen LogP contribution is 2.13. The molecular formula is C14H24NO3P. The lowest BCUT2D eigenvalue weighted by atomic mass is 10.1. The molecule has 0 fully saturated rings. The molecule has 0 radical (unpaired) electrons. The highest BCUT2D eigenvalue weighted by atomic mass is 31.1. The largest absolute Gasteiger partial charge is 0.393 e. The van der Waals surface area contributed by atoms with Crippen LogP contribution in [0.5, 0.6) is 0 Å². The van der Waals surface area contributed by atoms with E-state index in [1.54, 1.807) is 7.11 Å². The summed E-state index contributed by atoms with van der Waals surface area (Å²) in [5.41, 5.74) is 4.07. The monoisotopic (exact) mass is 285 g/mol.